The Morgan fingerprint density at radius 2 is 1.92 bits per heavy atom. The monoisotopic (exact) mass is 391 g/mol. The van der Waals surface area contributed by atoms with Crippen LogP contribution < -0.4 is 10.1 Å². The summed E-state index contributed by atoms with van der Waals surface area (Å²) in [6.45, 7) is 3.51. The molecule has 1 atom stereocenters. The molecule has 1 aromatic carbocycles. The Labute approximate surface area is 158 Å². The normalized spacial score (nSPS) is 12.8. The Balaban J connectivity index is 2.05. The topological polar surface area (TPSA) is 54.9 Å². The molecule has 0 aliphatic carbocycles. The quantitative estimate of drug-likeness (QED) is 0.681. The molecule has 0 aliphatic rings. The molecule has 0 spiro atoms. The van der Waals surface area contributed by atoms with Crippen molar-refractivity contribution in [1.29, 1.82) is 0 Å². The van der Waals surface area contributed by atoms with E-state index in [1.807, 2.05) is 20.0 Å². The van der Waals surface area contributed by atoms with Gasteiger partial charge in [-0.1, -0.05) is 31.3 Å². The highest BCUT2D eigenvalue weighted by Gasteiger charge is 2.40. The van der Waals surface area contributed by atoms with E-state index < -0.39 is 23.0 Å². The van der Waals surface area contributed by atoms with E-state index in [4.69, 9.17) is 0 Å². The van der Waals surface area contributed by atoms with Gasteiger partial charge in [0.25, 0.3) is 0 Å². The standard InChI is InChI=1S/C17H16BF2N3OS2/c1-17(2,15(24)22-16-23-21-8-25-16)14(12-3-4-13(18)26-12)9-5-10(19)7-11(20)6-9/h3-8,14H,18H2,1-2H3,(H,22,23,24). The van der Waals surface area contributed by atoms with Gasteiger partial charge in [-0.2, -0.15) is 11.3 Å². The maximum atomic E-state index is 13.8. The lowest BCUT2D eigenvalue weighted by Crippen LogP contribution is -2.36. The molecule has 0 radical (unpaired) electrons. The number of rotatable bonds is 5. The van der Waals surface area contributed by atoms with Crippen molar-refractivity contribution in [2.75, 3.05) is 5.32 Å². The van der Waals surface area contributed by atoms with Crippen molar-refractivity contribution in [2.24, 2.45) is 5.41 Å². The van der Waals surface area contributed by atoms with Gasteiger partial charge in [0.05, 0.1) is 5.41 Å². The smallest absolute Gasteiger partial charge is 0.232 e. The third kappa shape index (κ3) is 3.83. The van der Waals surface area contributed by atoms with Gasteiger partial charge in [0.15, 0.2) is 7.85 Å². The molecule has 26 heavy (non-hydrogen) atoms. The molecule has 9 heteroatoms. The minimum absolute atomic E-state index is 0.296. The van der Waals surface area contributed by atoms with Gasteiger partial charge in [-0.25, -0.2) is 8.78 Å². The summed E-state index contributed by atoms with van der Waals surface area (Å²) in [7, 11) is 1.95. The number of anilines is 1. The van der Waals surface area contributed by atoms with Crippen molar-refractivity contribution in [3.8, 4) is 0 Å². The van der Waals surface area contributed by atoms with Crippen LogP contribution in [-0.2, 0) is 4.79 Å². The fourth-order valence-corrected chi connectivity index (χ4v) is 4.54. The lowest BCUT2D eigenvalue weighted by molar-refractivity contribution is -0.124. The number of benzene rings is 1. The molecule has 0 bridgehead atoms. The second-order valence-electron chi connectivity index (χ2n) is 6.50. The molecule has 1 amide bonds. The van der Waals surface area contributed by atoms with Gasteiger partial charge in [0, 0.05) is 16.9 Å². The predicted octanol–water partition coefficient (Wildman–Crippen LogP) is 2.93. The minimum atomic E-state index is -0.983. The van der Waals surface area contributed by atoms with E-state index in [2.05, 4.69) is 15.5 Å². The zero-order chi connectivity index (χ0) is 18.9. The first-order chi connectivity index (χ1) is 12.3. The van der Waals surface area contributed by atoms with Crippen LogP contribution in [0.1, 0.15) is 30.2 Å². The van der Waals surface area contributed by atoms with E-state index in [0.717, 1.165) is 15.7 Å². The van der Waals surface area contributed by atoms with Crippen molar-refractivity contribution in [1.82, 2.24) is 10.2 Å². The van der Waals surface area contributed by atoms with E-state index in [9.17, 15) is 13.6 Å². The number of hydrogen-bond acceptors (Lipinski definition) is 5. The number of carbonyl (C=O) groups excluding carboxylic acids is 1. The van der Waals surface area contributed by atoms with E-state index in [-0.39, 0.29) is 5.91 Å². The molecule has 3 aromatic rings. The highest BCUT2D eigenvalue weighted by molar-refractivity contribution is 7.20. The van der Waals surface area contributed by atoms with Crippen LogP contribution in [0.4, 0.5) is 13.9 Å². The largest absolute Gasteiger partial charge is 0.300 e. The number of carbonyl (C=O) groups is 1. The van der Waals surface area contributed by atoms with E-state index in [1.54, 1.807) is 13.8 Å². The van der Waals surface area contributed by atoms with Crippen LogP contribution in [0.15, 0.2) is 35.8 Å². The van der Waals surface area contributed by atoms with Crippen LogP contribution in [-0.4, -0.2) is 24.0 Å². The molecule has 4 nitrogen and oxygen atoms in total. The fourth-order valence-electron chi connectivity index (χ4n) is 2.90. The summed E-state index contributed by atoms with van der Waals surface area (Å²) in [6, 6.07) is 7.22. The Morgan fingerprint density at radius 1 is 1.23 bits per heavy atom. The second kappa shape index (κ2) is 7.24. The molecule has 134 valence electrons. The summed E-state index contributed by atoms with van der Waals surface area (Å²) in [5.41, 5.74) is 0.954. The SMILES string of the molecule is Bc1ccc(C(c2cc(F)cc(F)c2)C(C)(C)C(=O)Nc2nncs2)s1. The molecule has 2 aromatic heterocycles. The van der Waals surface area contributed by atoms with Crippen LogP contribution >= 0.6 is 22.7 Å². The molecular formula is C17H16BF2N3OS2. The third-order valence-corrected chi connectivity index (χ3v) is 5.82. The molecule has 0 aliphatic heterocycles. The summed E-state index contributed by atoms with van der Waals surface area (Å²) in [4.78, 5) is 13.8. The predicted molar refractivity (Wildman–Crippen MR) is 103 cm³/mol. The average molecular weight is 391 g/mol. The van der Waals surface area contributed by atoms with Crippen LogP contribution in [0.25, 0.3) is 0 Å². The van der Waals surface area contributed by atoms with Gasteiger partial charge in [0.2, 0.25) is 11.0 Å². The zero-order valence-corrected chi connectivity index (χ0v) is 16.0. The Kier molecular flexibility index (Phi) is 5.20. The molecule has 0 fully saturated rings. The number of nitrogens with one attached hydrogen (secondary N) is 1. The van der Waals surface area contributed by atoms with Crippen molar-refractivity contribution >= 4 is 46.3 Å². The first-order valence-corrected chi connectivity index (χ1v) is 9.57. The summed E-state index contributed by atoms with van der Waals surface area (Å²) >= 11 is 2.71. The Bertz CT molecular complexity index is 908. The van der Waals surface area contributed by atoms with Gasteiger partial charge >= 0.3 is 0 Å². The van der Waals surface area contributed by atoms with E-state index in [1.165, 1.54) is 40.3 Å². The number of halogens is 2. The first-order valence-electron chi connectivity index (χ1n) is 7.87. The summed E-state index contributed by atoms with van der Waals surface area (Å²) < 4.78 is 28.8. The number of amides is 1. The second-order valence-corrected chi connectivity index (χ2v) is 8.66. The lowest BCUT2D eigenvalue weighted by Gasteiger charge is -2.32. The first kappa shape index (κ1) is 18.7. The summed E-state index contributed by atoms with van der Waals surface area (Å²) in [6.07, 6.45) is 0. The van der Waals surface area contributed by atoms with Crippen LogP contribution in [0, 0.1) is 17.0 Å². The zero-order valence-electron chi connectivity index (χ0n) is 14.4. The Morgan fingerprint density at radius 3 is 2.46 bits per heavy atom. The number of nitrogens with zero attached hydrogens (tertiary/aromatic N) is 2. The molecule has 1 N–H and O–H groups in total. The maximum Gasteiger partial charge on any atom is 0.232 e. The number of aromatic nitrogens is 2. The van der Waals surface area contributed by atoms with Crippen LogP contribution in [0.5, 0.6) is 0 Å². The van der Waals surface area contributed by atoms with Gasteiger partial charge in [-0.3, -0.25) is 4.79 Å². The number of thiophene rings is 1. The van der Waals surface area contributed by atoms with Gasteiger partial charge in [0.1, 0.15) is 17.1 Å². The Hall–Kier alpha value is -2.13. The van der Waals surface area contributed by atoms with Crippen molar-refractivity contribution in [2.45, 2.75) is 19.8 Å². The summed E-state index contributed by atoms with van der Waals surface area (Å²) in [5.74, 6) is -2.15. The fraction of sp³-hybridized carbons (Fsp3) is 0.235. The maximum absolute atomic E-state index is 13.8. The molecular weight excluding hydrogens is 375 g/mol. The highest BCUT2D eigenvalue weighted by atomic mass is 32.1. The van der Waals surface area contributed by atoms with Crippen LogP contribution in [0.2, 0.25) is 0 Å². The van der Waals surface area contributed by atoms with Gasteiger partial charge < -0.3 is 5.32 Å². The van der Waals surface area contributed by atoms with Gasteiger partial charge in [-0.05, 0) is 28.5 Å². The van der Waals surface area contributed by atoms with Gasteiger partial charge in [-0.15, -0.1) is 10.2 Å². The highest BCUT2D eigenvalue weighted by Crippen LogP contribution is 2.43. The van der Waals surface area contributed by atoms with Crippen LogP contribution in [0.3, 0.4) is 0 Å². The lowest BCUT2D eigenvalue weighted by atomic mass is 9.73. The molecule has 2 heterocycles. The van der Waals surface area contributed by atoms with Crippen molar-refractivity contribution in [3.05, 3.63) is 57.9 Å². The molecule has 0 saturated heterocycles. The van der Waals surface area contributed by atoms with Crippen molar-refractivity contribution in [3.63, 3.8) is 0 Å². The average Bonchev–Trinajstić information content (AvgIpc) is 3.18. The molecule has 1 unspecified atom stereocenters. The summed E-state index contributed by atoms with van der Waals surface area (Å²) in [5, 5.41) is 10.7. The van der Waals surface area contributed by atoms with E-state index >= 15 is 0 Å². The van der Waals surface area contributed by atoms with E-state index in [0.29, 0.717) is 10.7 Å². The third-order valence-electron chi connectivity index (χ3n) is 4.15. The van der Waals surface area contributed by atoms with Crippen molar-refractivity contribution < 1.29 is 13.6 Å². The number of hydrogen-bond donors (Lipinski definition) is 1. The molecule has 3 rings (SSSR count). The molecule has 0 saturated carbocycles. The minimum Gasteiger partial charge on any atom is -0.300 e.